The van der Waals surface area contributed by atoms with Gasteiger partial charge >= 0.3 is 5.97 Å². The Morgan fingerprint density at radius 2 is 1.87 bits per heavy atom. The molecule has 0 bridgehead atoms. The number of carboxylic acid groups (broad SMARTS) is 1. The molecule has 2 aliphatic rings. The van der Waals surface area contributed by atoms with Gasteiger partial charge in [-0.1, -0.05) is 30.4 Å². The number of hydrogen-bond acceptors (Lipinski definition) is 5. The summed E-state index contributed by atoms with van der Waals surface area (Å²) in [4.78, 5) is 41.8. The fraction of sp³-hybridized carbons (Fsp3) is 0.273. The topological polar surface area (TPSA) is 91.5 Å². The quantitative estimate of drug-likeness (QED) is 0.457. The van der Waals surface area contributed by atoms with Crippen molar-refractivity contribution in [1.82, 2.24) is 4.90 Å². The normalized spacial score (nSPS) is 19.0. The average Bonchev–Trinajstić information content (AvgIpc) is 2.75. The van der Waals surface area contributed by atoms with Crippen molar-refractivity contribution >= 4 is 29.5 Å². The zero-order valence-corrected chi connectivity index (χ0v) is 16.5. The van der Waals surface area contributed by atoms with E-state index >= 15 is 0 Å². The number of carboxylic acids is 1. The molecule has 2 aliphatic heterocycles. The Morgan fingerprint density at radius 3 is 2.47 bits per heavy atom. The molecule has 0 atom stereocenters. The maximum atomic E-state index is 12.6. The van der Waals surface area contributed by atoms with Crippen LogP contribution in [-0.2, 0) is 19.1 Å². The molecule has 8 heteroatoms. The number of allylic oxidation sites excluding steroid dienone is 2. The fourth-order valence-electron chi connectivity index (χ4n) is 3.29. The van der Waals surface area contributed by atoms with Gasteiger partial charge in [0, 0.05) is 24.4 Å². The van der Waals surface area contributed by atoms with Crippen molar-refractivity contribution in [2.45, 2.75) is 6.92 Å². The van der Waals surface area contributed by atoms with E-state index in [4.69, 9.17) is 16.4 Å². The molecule has 154 valence electrons. The van der Waals surface area contributed by atoms with Gasteiger partial charge in [0.2, 0.25) is 0 Å². The van der Waals surface area contributed by atoms with Gasteiger partial charge in [0.1, 0.15) is 6.54 Å². The van der Waals surface area contributed by atoms with Crippen molar-refractivity contribution in [2.75, 3.05) is 37.7 Å². The first kappa shape index (κ1) is 21.0. The van der Waals surface area contributed by atoms with Gasteiger partial charge in [0.15, 0.2) is 0 Å². The van der Waals surface area contributed by atoms with Crippen molar-refractivity contribution in [1.29, 1.82) is 0 Å². The molecule has 0 spiro atoms. The Bertz CT molecular complexity index is 993. The average molecular weight is 407 g/mol. The number of carbonyl (C=O) groups excluding carboxylic acids is 2. The molecule has 0 aliphatic carbocycles. The molecule has 1 fully saturated rings. The predicted molar refractivity (Wildman–Crippen MR) is 110 cm³/mol. The van der Waals surface area contributed by atoms with Crippen LogP contribution in [0.4, 0.5) is 5.69 Å². The highest BCUT2D eigenvalue weighted by Crippen LogP contribution is 2.26. The van der Waals surface area contributed by atoms with Crippen LogP contribution in [0.2, 0.25) is 0 Å². The largest absolute Gasteiger partial charge is 0.480 e. The van der Waals surface area contributed by atoms with Crippen molar-refractivity contribution in [3.63, 3.8) is 0 Å². The monoisotopic (exact) mass is 407 g/mol. The van der Waals surface area contributed by atoms with Crippen molar-refractivity contribution < 1.29 is 24.2 Å². The van der Waals surface area contributed by atoms with Crippen LogP contribution in [-0.4, -0.2) is 60.6 Å². The standard InChI is InChI=1S/C22H21N3O5/c1-15-18(21(28)25(14-19(26)27)22(29)20(15)23-2)5-3-4-16-6-8-17(9-7-16)24-10-12-30-13-11-24/h3-9H,10-14H2,1H3,(H,26,27)/b4-3+,18-5-. The van der Waals surface area contributed by atoms with E-state index in [-0.39, 0.29) is 16.8 Å². The van der Waals surface area contributed by atoms with E-state index < -0.39 is 24.3 Å². The number of anilines is 1. The minimum absolute atomic E-state index is 0.128. The molecular formula is C22H21N3O5. The molecule has 3 rings (SSSR count). The van der Waals surface area contributed by atoms with E-state index in [2.05, 4.69) is 9.74 Å². The number of imide groups is 1. The molecule has 30 heavy (non-hydrogen) atoms. The fourth-order valence-corrected chi connectivity index (χ4v) is 3.29. The number of benzene rings is 1. The van der Waals surface area contributed by atoms with Gasteiger partial charge in [-0.05, 0) is 30.2 Å². The molecule has 1 N–H and O–H groups in total. The first-order valence-corrected chi connectivity index (χ1v) is 9.40. The second kappa shape index (κ2) is 9.20. The number of rotatable bonds is 5. The molecular weight excluding hydrogens is 386 g/mol. The summed E-state index contributed by atoms with van der Waals surface area (Å²) in [5.41, 5.74) is 2.15. The summed E-state index contributed by atoms with van der Waals surface area (Å²) in [6.07, 6.45) is 4.95. The van der Waals surface area contributed by atoms with E-state index in [1.54, 1.807) is 12.2 Å². The second-order valence-corrected chi connectivity index (χ2v) is 6.81. The Hall–Kier alpha value is -3.70. The lowest BCUT2D eigenvalue weighted by molar-refractivity contribution is -0.149. The van der Waals surface area contributed by atoms with Crippen LogP contribution in [0, 0.1) is 6.57 Å². The molecule has 2 heterocycles. The molecule has 0 unspecified atom stereocenters. The van der Waals surface area contributed by atoms with Crippen LogP contribution in [0.5, 0.6) is 0 Å². The van der Waals surface area contributed by atoms with E-state index in [1.807, 2.05) is 24.3 Å². The Morgan fingerprint density at radius 1 is 1.20 bits per heavy atom. The molecule has 0 aromatic heterocycles. The lowest BCUT2D eigenvalue weighted by Crippen LogP contribution is -2.45. The zero-order chi connectivity index (χ0) is 21.7. The third-order valence-electron chi connectivity index (χ3n) is 4.91. The molecule has 1 aromatic carbocycles. The van der Waals surface area contributed by atoms with Crippen LogP contribution in [0.3, 0.4) is 0 Å². The first-order valence-electron chi connectivity index (χ1n) is 9.40. The number of ether oxygens (including phenoxy) is 1. The lowest BCUT2D eigenvalue weighted by atomic mass is 9.98. The molecule has 0 radical (unpaired) electrons. The van der Waals surface area contributed by atoms with Crippen LogP contribution in [0.15, 0.2) is 53.3 Å². The first-order chi connectivity index (χ1) is 14.4. The molecule has 1 saturated heterocycles. The number of carbonyl (C=O) groups is 3. The van der Waals surface area contributed by atoms with Crippen LogP contribution >= 0.6 is 0 Å². The van der Waals surface area contributed by atoms with E-state index in [0.717, 1.165) is 24.3 Å². The van der Waals surface area contributed by atoms with Gasteiger partial charge in [-0.15, -0.1) is 0 Å². The number of amides is 2. The second-order valence-electron chi connectivity index (χ2n) is 6.81. The summed E-state index contributed by atoms with van der Waals surface area (Å²) in [7, 11) is 0. The van der Waals surface area contributed by atoms with Crippen molar-refractivity contribution in [3.05, 3.63) is 70.2 Å². The predicted octanol–water partition coefficient (Wildman–Crippen LogP) is 2.11. The van der Waals surface area contributed by atoms with Gasteiger partial charge in [0.25, 0.3) is 17.5 Å². The third-order valence-corrected chi connectivity index (χ3v) is 4.91. The van der Waals surface area contributed by atoms with Crippen LogP contribution in [0.25, 0.3) is 10.9 Å². The number of morpholine rings is 1. The van der Waals surface area contributed by atoms with E-state index in [9.17, 15) is 14.4 Å². The van der Waals surface area contributed by atoms with E-state index in [0.29, 0.717) is 18.1 Å². The van der Waals surface area contributed by atoms with Crippen molar-refractivity contribution in [2.24, 2.45) is 0 Å². The molecule has 8 nitrogen and oxygen atoms in total. The van der Waals surface area contributed by atoms with E-state index in [1.165, 1.54) is 13.0 Å². The highest BCUT2D eigenvalue weighted by atomic mass is 16.5. The van der Waals surface area contributed by atoms with Gasteiger partial charge in [0.05, 0.1) is 19.8 Å². The highest BCUT2D eigenvalue weighted by Gasteiger charge is 2.36. The maximum Gasteiger partial charge on any atom is 0.323 e. The van der Waals surface area contributed by atoms with Gasteiger partial charge in [-0.2, -0.15) is 0 Å². The van der Waals surface area contributed by atoms with Crippen molar-refractivity contribution in [3.8, 4) is 0 Å². The minimum atomic E-state index is -1.32. The van der Waals surface area contributed by atoms with Gasteiger partial charge in [-0.25, -0.2) is 4.85 Å². The minimum Gasteiger partial charge on any atom is -0.480 e. The SMILES string of the molecule is [C-]#[N+]C1=C(C)/C(=C/C=C/c2ccc(N3CCOCC3)cc2)C(=O)N(CC(=O)O)C1=O. The smallest absolute Gasteiger partial charge is 0.323 e. The molecule has 1 aromatic rings. The van der Waals surface area contributed by atoms with Gasteiger partial charge in [-0.3, -0.25) is 19.3 Å². The third kappa shape index (κ3) is 4.47. The highest BCUT2D eigenvalue weighted by molar-refractivity contribution is 6.18. The number of aliphatic carboxylic acids is 1. The molecule has 2 amide bonds. The number of hydrogen-bond donors (Lipinski definition) is 1. The van der Waals surface area contributed by atoms with Crippen LogP contribution in [0.1, 0.15) is 12.5 Å². The molecule has 0 saturated carbocycles. The summed E-state index contributed by atoms with van der Waals surface area (Å²) < 4.78 is 5.36. The summed E-state index contributed by atoms with van der Waals surface area (Å²) in [6, 6.07) is 7.94. The maximum absolute atomic E-state index is 12.6. The Balaban J connectivity index is 1.80. The van der Waals surface area contributed by atoms with Crippen LogP contribution < -0.4 is 4.90 Å². The Kier molecular flexibility index (Phi) is 6.45. The lowest BCUT2D eigenvalue weighted by Gasteiger charge is -2.28. The summed E-state index contributed by atoms with van der Waals surface area (Å²) in [5.74, 6) is -2.93. The summed E-state index contributed by atoms with van der Waals surface area (Å²) in [5, 5.41) is 8.97. The Labute approximate surface area is 174 Å². The zero-order valence-electron chi connectivity index (χ0n) is 16.5. The number of nitrogens with zero attached hydrogens (tertiary/aromatic N) is 3. The summed E-state index contributed by atoms with van der Waals surface area (Å²) in [6.45, 7) is 11.1. The summed E-state index contributed by atoms with van der Waals surface area (Å²) >= 11 is 0. The van der Waals surface area contributed by atoms with Gasteiger partial charge < -0.3 is 14.7 Å².